The molecule has 3 rings (SSSR count). The molecule has 0 aliphatic carbocycles. The van der Waals surface area contributed by atoms with Gasteiger partial charge in [-0.05, 0) is 35.9 Å². The molecule has 0 saturated carbocycles. The molecule has 4 nitrogen and oxygen atoms in total. The van der Waals surface area contributed by atoms with Crippen molar-refractivity contribution in [2.24, 2.45) is 0 Å². The van der Waals surface area contributed by atoms with E-state index < -0.39 is 9.84 Å². The summed E-state index contributed by atoms with van der Waals surface area (Å²) in [6, 6.07) is 12.5. The van der Waals surface area contributed by atoms with E-state index in [4.69, 9.17) is 0 Å². The van der Waals surface area contributed by atoms with E-state index in [1.54, 1.807) is 30.3 Å². The van der Waals surface area contributed by atoms with Crippen molar-refractivity contribution in [3.05, 3.63) is 65.2 Å². The average molecular weight is 300 g/mol. The molecule has 0 bridgehead atoms. The van der Waals surface area contributed by atoms with E-state index in [0.29, 0.717) is 5.56 Å². The number of aromatic hydroxyl groups is 1. The third-order valence-corrected chi connectivity index (χ3v) is 5.06. The van der Waals surface area contributed by atoms with Crippen LogP contribution in [0.3, 0.4) is 0 Å². The first kappa shape index (κ1) is 13.6. The number of carbonyl (C=O) groups excluding carboxylic acids is 1. The lowest BCUT2D eigenvalue weighted by atomic mass is 10.0. The summed E-state index contributed by atoms with van der Waals surface area (Å²) in [7, 11) is -3.49. The number of hydrogen-bond acceptors (Lipinski definition) is 4. The molecule has 21 heavy (non-hydrogen) atoms. The van der Waals surface area contributed by atoms with E-state index in [-0.39, 0.29) is 33.3 Å². The normalized spacial score (nSPS) is 18.5. The molecule has 0 unspecified atom stereocenters. The highest BCUT2D eigenvalue weighted by molar-refractivity contribution is 7.91. The number of hydrogen-bond donors (Lipinski definition) is 1. The van der Waals surface area contributed by atoms with Crippen LogP contribution in [0.1, 0.15) is 15.9 Å². The van der Waals surface area contributed by atoms with Gasteiger partial charge in [-0.25, -0.2) is 8.42 Å². The molecule has 1 heterocycles. The lowest BCUT2D eigenvalue weighted by molar-refractivity contribution is 0.103. The predicted octanol–water partition coefficient (Wildman–Crippen LogP) is 2.45. The van der Waals surface area contributed by atoms with Crippen molar-refractivity contribution in [3.63, 3.8) is 0 Å². The van der Waals surface area contributed by atoms with Crippen LogP contribution >= 0.6 is 0 Å². The molecule has 0 saturated heterocycles. The Labute approximate surface area is 122 Å². The van der Waals surface area contributed by atoms with Crippen LogP contribution in [0.4, 0.5) is 0 Å². The maximum absolute atomic E-state index is 12.4. The van der Waals surface area contributed by atoms with Crippen molar-refractivity contribution in [1.82, 2.24) is 0 Å². The average Bonchev–Trinajstić information content (AvgIpc) is 2.47. The summed E-state index contributed by atoms with van der Waals surface area (Å²) < 4.78 is 24.5. The standard InChI is InChI=1S/C16H12O4S/c17-13-7-5-11(6-8-13)9-12-10-21(19,20)15-4-2-1-3-14(15)16(12)18/h1-9,17H,10H2/b12-9-. The van der Waals surface area contributed by atoms with Gasteiger partial charge in [0.2, 0.25) is 0 Å². The van der Waals surface area contributed by atoms with Crippen LogP contribution in [-0.2, 0) is 9.84 Å². The highest BCUT2D eigenvalue weighted by Crippen LogP contribution is 2.28. The molecule has 0 aromatic heterocycles. The summed E-state index contributed by atoms with van der Waals surface area (Å²) in [5.41, 5.74) is 1.12. The molecule has 0 spiro atoms. The lowest BCUT2D eigenvalue weighted by Crippen LogP contribution is -2.24. The van der Waals surface area contributed by atoms with Gasteiger partial charge >= 0.3 is 0 Å². The van der Waals surface area contributed by atoms with Crippen LogP contribution in [0, 0.1) is 0 Å². The van der Waals surface area contributed by atoms with Crippen molar-refractivity contribution >= 4 is 21.7 Å². The van der Waals surface area contributed by atoms with Gasteiger partial charge < -0.3 is 5.11 Å². The van der Waals surface area contributed by atoms with Crippen molar-refractivity contribution < 1.29 is 18.3 Å². The van der Waals surface area contributed by atoms with E-state index in [0.717, 1.165) is 0 Å². The van der Waals surface area contributed by atoms with Crippen molar-refractivity contribution in [1.29, 1.82) is 0 Å². The Kier molecular flexibility index (Phi) is 3.14. The molecule has 1 aliphatic heterocycles. The predicted molar refractivity (Wildman–Crippen MR) is 78.9 cm³/mol. The number of benzene rings is 2. The molecule has 1 N–H and O–H groups in total. The summed E-state index contributed by atoms with van der Waals surface area (Å²) >= 11 is 0. The molecule has 106 valence electrons. The minimum Gasteiger partial charge on any atom is -0.508 e. The molecular weight excluding hydrogens is 288 g/mol. The Morgan fingerprint density at radius 1 is 1.00 bits per heavy atom. The van der Waals surface area contributed by atoms with Gasteiger partial charge in [0.25, 0.3) is 0 Å². The Morgan fingerprint density at radius 2 is 1.67 bits per heavy atom. The molecule has 1 aliphatic rings. The number of carbonyl (C=O) groups is 1. The highest BCUT2D eigenvalue weighted by atomic mass is 32.2. The molecule has 5 heteroatoms. The maximum Gasteiger partial charge on any atom is 0.191 e. The summed E-state index contributed by atoms with van der Waals surface area (Å²) in [6.07, 6.45) is 1.55. The number of rotatable bonds is 1. The SMILES string of the molecule is O=C1/C(=C\c2ccc(O)cc2)CS(=O)(=O)c2ccccc21. The molecule has 2 aromatic carbocycles. The number of ketones is 1. The van der Waals surface area contributed by atoms with E-state index in [1.807, 2.05) is 0 Å². The number of phenols is 1. The largest absolute Gasteiger partial charge is 0.508 e. The van der Waals surface area contributed by atoms with E-state index in [9.17, 15) is 18.3 Å². The molecule has 0 atom stereocenters. The maximum atomic E-state index is 12.4. The molecule has 0 radical (unpaired) electrons. The van der Waals surface area contributed by atoms with Gasteiger partial charge in [0, 0.05) is 11.1 Å². The zero-order valence-corrected chi connectivity index (χ0v) is 11.8. The third kappa shape index (κ3) is 2.48. The number of fused-ring (bicyclic) bond motifs is 1. The zero-order chi connectivity index (χ0) is 15.0. The van der Waals surface area contributed by atoms with Gasteiger partial charge in [0.15, 0.2) is 15.6 Å². The van der Waals surface area contributed by atoms with Crippen molar-refractivity contribution in [3.8, 4) is 5.75 Å². The molecular formula is C16H12O4S. The summed E-state index contributed by atoms with van der Waals surface area (Å²) in [6.45, 7) is 0. The lowest BCUT2D eigenvalue weighted by Gasteiger charge is -2.17. The minimum absolute atomic E-state index is 0.0952. The van der Waals surface area contributed by atoms with Crippen LogP contribution in [0.2, 0.25) is 0 Å². The first-order valence-corrected chi connectivity index (χ1v) is 7.99. The summed E-state index contributed by atoms with van der Waals surface area (Å²) in [5, 5.41) is 9.24. The molecule has 2 aromatic rings. The van der Waals surface area contributed by atoms with E-state index >= 15 is 0 Å². The Bertz CT molecular complexity index is 846. The Morgan fingerprint density at radius 3 is 2.38 bits per heavy atom. The van der Waals surface area contributed by atoms with Gasteiger partial charge in [-0.15, -0.1) is 0 Å². The molecule has 0 fully saturated rings. The number of phenolic OH excluding ortho intramolecular Hbond substituents is 1. The number of sulfone groups is 1. The Hall–Kier alpha value is -2.40. The van der Waals surface area contributed by atoms with Crippen LogP contribution in [0.5, 0.6) is 5.75 Å². The van der Waals surface area contributed by atoms with Crippen LogP contribution in [0.25, 0.3) is 6.08 Å². The van der Waals surface area contributed by atoms with Gasteiger partial charge in [0.1, 0.15) is 5.75 Å². The van der Waals surface area contributed by atoms with Gasteiger partial charge in [-0.1, -0.05) is 24.3 Å². The van der Waals surface area contributed by atoms with Gasteiger partial charge in [-0.2, -0.15) is 0 Å². The van der Waals surface area contributed by atoms with E-state index in [2.05, 4.69) is 0 Å². The fourth-order valence-corrected chi connectivity index (χ4v) is 3.89. The first-order chi connectivity index (χ1) is 9.97. The smallest absolute Gasteiger partial charge is 0.191 e. The summed E-state index contributed by atoms with van der Waals surface area (Å²) in [5.74, 6) is -0.456. The Balaban J connectivity index is 2.11. The van der Waals surface area contributed by atoms with Crippen molar-refractivity contribution in [2.75, 3.05) is 5.75 Å². The van der Waals surface area contributed by atoms with Crippen LogP contribution in [0.15, 0.2) is 59.0 Å². The second kappa shape index (κ2) is 4.86. The summed E-state index contributed by atoms with van der Waals surface area (Å²) in [4.78, 5) is 12.5. The van der Waals surface area contributed by atoms with Gasteiger partial charge in [0.05, 0.1) is 10.6 Å². The highest BCUT2D eigenvalue weighted by Gasteiger charge is 2.32. The zero-order valence-electron chi connectivity index (χ0n) is 11.0. The van der Waals surface area contributed by atoms with Gasteiger partial charge in [-0.3, -0.25) is 4.79 Å². The van der Waals surface area contributed by atoms with E-state index in [1.165, 1.54) is 24.3 Å². The number of Topliss-reactive ketones (excluding diaryl/α,β-unsaturated/α-hetero) is 1. The topological polar surface area (TPSA) is 71.4 Å². The minimum atomic E-state index is -3.49. The van der Waals surface area contributed by atoms with Crippen LogP contribution < -0.4 is 0 Å². The monoisotopic (exact) mass is 300 g/mol. The third-order valence-electron chi connectivity index (χ3n) is 3.34. The second-order valence-corrected chi connectivity index (χ2v) is 6.80. The fourth-order valence-electron chi connectivity index (χ4n) is 2.33. The van der Waals surface area contributed by atoms with Crippen molar-refractivity contribution in [2.45, 2.75) is 4.90 Å². The first-order valence-electron chi connectivity index (χ1n) is 6.33. The van der Waals surface area contributed by atoms with Crippen LogP contribution in [-0.4, -0.2) is 25.1 Å². The second-order valence-electron chi connectivity index (χ2n) is 4.85. The quantitative estimate of drug-likeness (QED) is 0.821. The fraction of sp³-hybridized carbons (Fsp3) is 0.0625. The molecule has 0 amide bonds.